The molecule has 38 heavy (non-hydrogen) atoms. The molecule has 5 nitrogen and oxygen atoms in total. The first-order valence-electron chi connectivity index (χ1n) is 14.0. The van der Waals surface area contributed by atoms with Gasteiger partial charge in [-0.25, -0.2) is 0 Å². The van der Waals surface area contributed by atoms with E-state index in [2.05, 4.69) is 60.6 Å². The minimum absolute atomic E-state index is 0.0282. The number of nitrogens with one attached hydrogen (secondary N) is 2. The third-order valence-electron chi connectivity index (χ3n) is 7.92. The average molecular weight is 510 g/mol. The fourth-order valence-corrected chi connectivity index (χ4v) is 5.61. The van der Waals surface area contributed by atoms with Crippen LogP contribution in [-0.2, 0) is 18.4 Å². The molecule has 0 radical (unpaired) electrons. The van der Waals surface area contributed by atoms with Crippen LogP contribution in [0.4, 0.5) is 11.4 Å². The predicted molar refractivity (Wildman–Crippen MR) is 155 cm³/mol. The molecule has 1 aliphatic carbocycles. The van der Waals surface area contributed by atoms with Crippen LogP contribution in [0.3, 0.4) is 0 Å². The van der Waals surface area contributed by atoms with Crippen LogP contribution in [0.5, 0.6) is 0 Å². The highest BCUT2D eigenvalue weighted by Gasteiger charge is 2.24. The van der Waals surface area contributed by atoms with Crippen LogP contribution in [0, 0.1) is 0 Å². The molecule has 0 aromatic heterocycles. The second-order valence-electron chi connectivity index (χ2n) is 11.8. The molecule has 1 saturated carbocycles. The second-order valence-corrected chi connectivity index (χ2v) is 11.8. The van der Waals surface area contributed by atoms with Crippen molar-refractivity contribution in [3.63, 3.8) is 0 Å². The molecule has 198 valence electrons. The van der Waals surface area contributed by atoms with Crippen molar-refractivity contribution >= 4 is 23.2 Å². The van der Waals surface area contributed by atoms with E-state index in [9.17, 15) is 9.59 Å². The standard InChI is InChI=1S/C33H39N3O2/c1-33(2,3)26-15-13-24(14-16-26)31(37)35-28-17-18-30(36-20-19-23-9-7-8-10-25(23)22-36)29(21-28)32(38)34-27-11-5-4-6-12-27/h7-10,13-18,21,27H,4-6,11-12,19-20,22H2,1-3H3,(H,34,38)(H,35,37). The molecule has 2 amide bonds. The predicted octanol–water partition coefficient (Wildman–Crippen LogP) is 6.86. The molecule has 3 aromatic carbocycles. The van der Waals surface area contributed by atoms with Crippen LogP contribution >= 0.6 is 0 Å². The summed E-state index contributed by atoms with van der Waals surface area (Å²) in [5.74, 6) is -0.236. The summed E-state index contributed by atoms with van der Waals surface area (Å²) in [7, 11) is 0. The summed E-state index contributed by atoms with van der Waals surface area (Å²) < 4.78 is 0. The lowest BCUT2D eigenvalue weighted by Gasteiger charge is -2.32. The molecule has 1 aliphatic heterocycles. The quantitative estimate of drug-likeness (QED) is 0.395. The third-order valence-corrected chi connectivity index (χ3v) is 7.92. The molecule has 1 fully saturated rings. The van der Waals surface area contributed by atoms with E-state index < -0.39 is 0 Å². The number of benzene rings is 3. The van der Waals surface area contributed by atoms with Gasteiger partial charge in [0.15, 0.2) is 0 Å². The lowest BCUT2D eigenvalue weighted by Crippen LogP contribution is -2.38. The number of anilines is 2. The topological polar surface area (TPSA) is 61.4 Å². The number of fused-ring (bicyclic) bond motifs is 1. The molecule has 2 N–H and O–H groups in total. The van der Waals surface area contributed by atoms with Gasteiger partial charge in [0.05, 0.1) is 5.56 Å². The van der Waals surface area contributed by atoms with E-state index >= 15 is 0 Å². The van der Waals surface area contributed by atoms with Gasteiger partial charge in [0.1, 0.15) is 0 Å². The van der Waals surface area contributed by atoms with Gasteiger partial charge in [-0.3, -0.25) is 9.59 Å². The number of rotatable bonds is 5. The Morgan fingerprint density at radius 3 is 2.26 bits per heavy atom. The Kier molecular flexibility index (Phi) is 7.55. The molecule has 3 aromatic rings. The second kappa shape index (κ2) is 11.0. The maximum Gasteiger partial charge on any atom is 0.255 e. The Bertz CT molecular complexity index is 1300. The summed E-state index contributed by atoms with van der Waals surface area (Å²) in [4.78, 5) is 29.0. The van der Waals surface area contributed by atoms with Crippen LogP contribution in [-0.4, -0.2) is 24.4 Å². The van der Waals surface area contributed by atoms with E-state index in [-0.39, 0.29) is 23.3 Å². The van der Waals surface area contributed by atoms with E-state index in [0.717, 1.165) is 50.9 Å². The lowest BCUT2D eigenvalue weighted by molar-refractivity contribution is 0.0927. The van der Waals surface area contributed by atoms with Gasteiger partial charge >= 0.3 is 0 Å². The Labute approximate surface area is 226 Å². The van der Waals surface area contributed by atoms with Crippen molar-refractivity contribution in [2.75, 3.05) is 16.8 Å². The molecule has 0 atom stereocenters. The van der Waals surface area contributed by atoms with Gasteiger partial charge in [0.2, 0.25) is 0 Å². The van der Waals surface area contributed by atoms with Gasteiger partial charge in [-0.15, -0.1) is 0 Å². The molecule has 5 heteroatoms. The van der Waals surface area contributed by atoms with Crippen molar-refractivity contribution in [1.82, 2.24) is 5.32 Å². The number of amides is 2. The minimum atomic E-state index is -0.177. The van der Waals surface area contributed by atoms with Gasteiger partial charge in [-0.2, -0.15) is 0 Å². The maximum absolute atomic E-state index is 13.6. The Morgan fingerprint density at radius 2 is 1.55 bits per heavy atom. The van der Waals surface area contributed by atoms with Crippen molar-refractivity contribution in [3.05, 3.63) is 94.5 Å². The smallest absolute Gasteiger partial charge is 0.255 e. The van der Waals surface area contributed by atoms with Gasteiger partial charge in [-0.1, -0.05) is 76.4 Å². The SMILES string of the molecule is CC(C)(C)c1ccc(C(=O)Nc2ccc(N3CCc4ccccc4C3)c(C(=O)NC3CCCCC3)c2)cc1. The fourth-order valence-electron chi connectivity index (χ4n) is 5.61. The van der Waals surface area contributed by atoms with Crippen molar-refractivity contribution in [2.24, 2.45) is 0 Å². The van der Waals surface area contributed by atoms with Gasteiger partial charge in [0.25, 0.3) is 11.8 Å². The van der Waals surface area contributed by atoms with E-state index in [1.807, 2.05) is 42.5 Å². The number of nitrogens with zero attached hydrogens (tertiary/aromatic N) is 1. The van der Waals surface area contributed by atoms with Crippen LogP contribution in [0.25, 0.3) is 0 Å². The Hall–Kier alpha value is -3.60. The van der Waals surface area contributed by atoms with Crippen LogP contribution in [0.2, 0.25) is 0 Å². The number of hydrogen-bond acceptors (Lipinski definition) is 3. The molecule has 0 spiro atoms. The van der Waals surface area contributed by atoms with E-state index in [1.54, 1.807) is 0 Å². The zero-order chi connectivity index (χ0) is 26.7. The largest absolute Gasteiger partial charge is 0.366 e. The van der Waals surface area contributed by atoms with Crippen molar-refractivity contribution in [1.29, 1.82) is 0 Å². The zero-order valence-electron chi connectivity index (χ0n) is 22.8. The van der Waals surface area contributed by atoms with E-state index in [0.29, 0.717) is 16.8 Å². The molecular formula is C33H39N3O2. The first-order valence-corrected chi connectivity index (χ1v) is 14.0. The number of carbonyl (C=O) groups is 2. The molecule has 2 aliphatic rings. The Morgan fingerprint density at radius 1 is 0.842 bits per heavy atom. The summed E-state index contributed by atoms with van der Waals surface area (Å²) in [6.07, 6.45) is 6.56. The van der Waals surface area contributed by atoms with Gasteiger partial charge in [0, 0.05) is 36.1 Å². The normalized spacial score (nSPS) is 16.0. The summed E-state index contributed by atoms with van der Waals surface area (Å²) in [6.45, 7) is 8.09. The van der Waals surface area contributed by atoms with Crippen molar-refractivity contribution in [2.45, 2.75) is 77.3 Å². The minimum Gasteiger partial charge on any atom is -0.366 e. The highest BCUT2D eigenvalue weighted by Crippen LogP contribution is 2.31. The average Bonchev–Trinajstić information content (AvgIpc) is 2.93. The number of hydrogen-bond donors (Lipinski definition) is 2. The van der Waals surface area contributed by atoms with E-state index in [1.165, 1.54) is 23.1 Å². The van der Waals surface area contributed by atoms with Gasteiger partial charge < -0.3 is 15.5 Å². The van der Waals surface area contributed by atoms with Crippen LogP contribution in [0.1, 0.15) is 90.3 Å². The summed E-state index contributed by atoms with van der Waals surface area (Å²) in [6, 6.07) is 22.2. The highest BCUT2D eigenvalue weighted by molar-refractivity contribution is 6.06. The Balaban J connectivity index is 1.40. The number of carbonyl (C=O) groups excluding carboxylic acids is 2. The third kappa shape index (κ3) is 5.93. The first-order chi connectivity index (χ1) is 18.3. The summed E-state index contributed by atoms with van der Waals surface area (Å²) >= 11 is 0. The lowest BCUT2D eigenvalue weighted by atomic mass is 9.87. The zero-order valence-corrected chi connectivity index (χ0v) is 22.8. The maximum atomic E-state index is 13.6. The monoisotopic (exact) mass is 509 g/mol. The molecule has 0 bridgehead atoms. The highest BCUT2D eigenvalue weighted by atomic mass is 16.2. The molecule has 5 rings (SSSR count). The van der Waals surface area contributed by atoms with Gasteiger partial charge in [-0.05, 0) is 71.7 Å². The molecule has 1 heterocycles. The van der Waals surface area contributed by atoms with Crippen molar-refractivity contribution in [3.8, 4) is 0 Å². The molecule has 0 saturated heterocycles. The summed E-state index contributed by atoms with van der Waals surface area (Å²) in [5.41, 5.74) is 6.65. The molecular weight excluding hydrogens is 470 g/mol. The van der Waals surface area contributed by atoms with Crippen LogP contribution in [0.15, 0.2) is 66.7 Å². The first kappa shape index (κ1) is 26.0. The van der Waals surface area contributed by atoms with Crippen LogP contribution < -0.4 is 15.5 Å². The molecule has 0 unspecified atom stereocenters. The van der Waals surface area contributed by atoms with E-state index in [4.69, 9.17) is 0 Å². The fraction of sp³-hybridized carbons (Fsp3) is 0.394. The van der Waals surface area contributed by atoms with Crippen molar-refractivity contribution < 1.29 is 9.59 Å². The summed E-state index contributed by atoms with van der Waals surface area (Å²) in [5, 5.41) is 6.31.